The van der Waals surface area contributed by atoms with Gasteiger partial charge in [-0.05, 0) is 49.2 Å². The maximum Gasteiger partial charge on any atom is 0.272 e. The number of carbonyl (C=O) groups excluding carboxylic acids is 1. The zero-order valence-corrected chi connectivity index (χ0v) is 16.6. The minimum atomic E-state index is -0.393. The van der Waals surface area contributed by atoms with Crippen molar-refractivity contribution in [2.75, 3.05) is 19.7 Å². The number of benzene rings is 2. The Kier molecular flexibility index (Phi) is 4.87. The molecule has 2 aliphatic rings. The summed E-state index contributed by atoms with van der Waals surface area (Å²) in [6.45, 7) is 1.69. The van der Waals surface area contributed by atoms with E-state index in [0.717, 1.165) is 23.7 Å². The van der Waals surface area contributed by atoms with Crippen molar-refractivity contribution in [1.82, 2.24) is 9.88 Å². The van der Waals surface area contributed by atoms with Crippen molar-refractivity contribution < 1.29 is 18.7 Å². The summed E-state index contributed by atoms with van der Waals surface area (Å²) in [5.41, 5.74) is 0.887. The van der Waals surface area contributed by atoms with Gasteiger partial charge in [0.1, 0.15) is 23.4 Å². The first-order chi connectivity index (χ1) is 14.6. The molecular weight excluding hydrogens is 383 g/mol. The molecule has 5 rings (SSSR count). The third-order valence-corrected chi connectivity index (χ3v) is 5.94. The normalized spacial score (nSPS) is 23.8. The molecule has 0 aliphatic carbocycles. The summed E-state index contributed by atoms with van der Waals surface area (Å²) in [5.74, 6) is 0.280. The number of rotatable bonds is 3. The van der Waals surface area contributed by atoms with Gasteiger partial charge < -0.3 is 14.4 Å². The van der Waals surface area contributed by atoms with Crippen LogP contribution in [-0.4, -0.2) is 47.2 Å². The molecular formula is C24H23FN2O3. The summed E-state index contributed by atoms with van der Waals surface area (Å²) in [6, 6.07) is 17.5. The molecule has 3 heterocycles. The van der Waals surface area contributed by atoms with Crippen molar-refractivity contribution >= 4 is 16.8 Å². The molecule has 2 fully saturated rings. The van der Waals surface area contributed by atoms with Crippen LogP contribution < -0.4 is 4.74 Å². The third kappa shape index (κ3) is 3.75. The molecule has 5 nitrogen and oxygen atoms in total. The number of pyridine rings is 1. The van der Waals surface area contributed by atoms with Crippen LogP contribution in [0.3, 0.4) is 0 Å². The second-order valence-corrected chi connectivity index (χ2v) is 8.11. The number of hydrogen-bond donors (Lipinski definition) is 0. The molecule has 0 saturated carbocycles. The van der Waals surface area contributed by atoms with Gasteiger partial charge in [0.25, 0.3) is 5.91 Å². The van der Waals surface area contributed by atoms with E-state index in [0.29, 0.717) is 37.6 Å². The van der Waals surface area contributed by atoms with E-state index in [1.165, 1.54) is 12.1 Å². The van der Waals surface area contributed by atoms with Gasteiger partial charge in [-0.25, -0.2) is 9.37 Å². The average molecular weight is 406 g/mol. The number of aromatic nitrogens is 1. The Hall–Kier alpha value is -2.99. The van der Waals surface area contributed by atoms with Gasteiger partial charge in [0.05, 0.1) is 24.3 Å². The number of fused-ring (bicyclic) bond motifs is 1. The predicted molar refractivity (Wildman–Crippen MR) is 111 cm³/mol. The zero-order chi connectivity index (χ0) is 20.6. The topological polar surface area (TPSA) is 51.7 Å². The number of halogens is 1. The van der Waals surface area contributed by atoms with Crippen LogP contribution in [0.5, 0.6) is 5.75 Å². The Labute approximate surface area is 174 Å². The van der Waals surface area contributed by atoms with Gasteiger partial charge in [0.15, 0.2) is 0 Å². The first kappa shape index (κ1) is 19.0. The van der Waals surface area contributed by atoms with E-state index in [4.69, 9.17) is 9.47 Å². The van der Waals surface area contributed by atoms with E-state index in [1.807, 2.05) is 35.2 Å². The van der Waals surface area contributed by atoms with Crippen molar-refractivity contribution in [2.45, 2.75) is 31.0 Å². The van der Waals surface area contributed by atoms with Gasteiger partial charge in [0.2, 0.25) is 0 Å². The van der Waals surface area contributed by atoms with Crippen LogP contribution in [0, 0.1) is 5.82 Å². The first-order valence-electron chi connectivity index (χ1n) is 10.3. The number of likely N-dealkylation sites (tertiary alicyclic amines) is 1. The highest BCUT2D eigenvalue weighted by Crippen LogP contribution is 2.36. The summed E-state index contributed by atoms with van der Waals surface area (Å²) in [7, 11) is 0. The van der Waals surface area contributed by atoms with Gasteiger partial charge in [-0.2, -0.15) is 0 Å². The quantitative estimate of drug-likeness (QED) is 0.654. The van der Waals surface area contributed by atoms with Crippen molar-refractivity contribution in [3.8, 4) is 5.75 Å². The molecule has 3 aromatic rings. The lowest BCUT2D eigenvalue weighted by Crippen LogP contribution is -2.50. The fraction of sp³-hybridized carbons (Fsp3) is 0.333. The van der Waals surface area contributed by atoms with Crippen LogP contribution in [0.25, 0.3) is 10.9 Å². The largest absolute Gasteiger partial charge is 0.488 e. The molecule has 2 aromatic carbocycles. The number of piperidine rings is 1. The Morgan fingerprint density at radius 1 is 1.13 bits per heavy atom. The van der Waals surface area contributed by atoms with Crippen molar-refractivity contribution in [1.29, 1.82) is 0 Å². The lowest BCUT2D eigenvalue weighted by molar-refractivity contribution is -0.0454. The fourth-order valence-corrected chi connectivity index (χ4v) is 4.49. The van der Waals surface area contributed by atoms with Crippen LogP contribution in [0.2, 0.25) is 0 Å². The van der Waals surface area contributed by atoms with E-state index in [9.17, 15) is 9.18 Å². The standard InChI is InChI=1S/C24H23FN2O3/c25-18-7-9-19(10-8-18)30-20-14-24(29-15-20)12-3-13-27(16-24)23(28)22-11-6-17-4-1-2-5-21(17)26-22/h1-2,4-11,20H,3,12-16H2/t20-,24-/m1/s1. The van der Waals surface area contributed by atoms with Gasteiger partial charge in [-0.3, -0.25) is 4.79 Å². The molecule has 0 unspecified atom stereocenters. The van der Waals surface area contributed by atoms with Crippen LogP contribution in [0.4, 0.5) is 4.39 Å². The number of para-hydroxylation sites is 1. The Morgan fingerprint density at radius 2 is 1.97 bits per heavy atom. The molecule has 2 saturated heterocycles. The number of carbonyl (C=O) groups is 1. The number of ether oxygens (including phenoxy) is 2. The van der Waals surface area contributed by atoms with Gasteiger partial charge in [0, 0.05) is 18.4 Å². The van der Waals surface area contributed by atoms with Crippen molar-refractivity contribution in [3.05, 3.63) is 72.2 Å². The molecule has 1 spiro atoms. The molecule has 0 N–H and O–H groups in total. The highest BCUT2D eigenvalue weighted by molar-refractivity contribution is 5.95. The molecule has 2 atom stereocenters. The van der Waals surface area contributed by atoms with E-state index in [2.05, 4.69) is 4.98 Å². The van der Waals surface area contributed by atoms with Crippen LogP contribution >= 0.6 is 0 Å². The molecule has 154 valence electrons. The van der Waals surface area contributed by atoms with Crippen molar-refractivity contribution in [2.24, 2.45) is 0 Å². The second-order valence-electron chi connectivity index (χ2n) is 8.11. The van der Waals surface area contributed by atoms with Crippen LogP contribution in [0.1, 0.15) is 29.8 Å². The molecule has 0 bridgehead atoms. The van der Waals surface area contributed by atoms with Gasteiger partial charge in [-0.1, -0.05) is 24.3 Å². The minimum absolute atomic E-state index is 0.0636. The lowest BCUT2D eigenvalue weighted by Gasteiger charge is -2.39. The Balaban J connectivity index is 1.28. The average Bonchev–Trinajstić information content (AvgIpc) is 3.15. The fourth-order valence-electron chi connectivity index (χ4n) is 4.49. The van der Waals surface area contributed by atoms with Crippen LogP contribution in [-0.2, 0) is 4.74 Å². The Morgan fingerprint density at radius 3 is 2.83 bits per heavy atom. The first-order valence-corrected chi connectivity index (χ1v) is 10.3. The van der Waals surface area contributed by atoms with Gasteiger partial charge >= 0.3 is 0 Å². The molecule has 2 aliphatic heterocycles. The molecule has 0 radical (unpaired) electrons. The molecule has 1 amide bonds. The summed E-state index contributed by atoms with van der Waals surface area (Å²) in [5, 5.41) is 1.02. The van der Waals surface area contributed by atoms with Crippen LogP contribution in [0.15, 0.2) is 60.7 Å². The summed E-state index contributed by atoms with van der Waals surface area (Å²) < 4.78 is 25.3. The maximum absolute atomic E-state index is 13.1. The summed E-state index contributed by atoms with van der Waals surface area (Å²) >= 11 is 0. The number of hydrogen-bond acceptors (Lipinski definition) is 4. The number of amides is 1. The lowest BCUT2D eigenvalue weighted by atomic mass is 9.89. The van der Waals surface area contributed by atoms with Crippen molar-refractivity contribution in [3.63, 3.8) is 0 Å². The smallest absolute Gasteiger partial charge is 0.272 e. The zero-order valence-electron chi connectivity index (χ0n) is 16.6. The maximum atomic E-state index is 13.1. The molecule has 1 aromatic heterocycles. The van der Waals surface area contributed by atoms with Gasteiger partial charge in [-0.15, -0.1) is 0 Å². The van der Waals surface area contributed by atoms with E-state index in [-0.39, 0.29) is 17.8 Å². The highest BCUT2D eigenvalue weighted by Gasteiger charge is 2.45. The highest BCUT2D eigenvalue weighted by atomic mass is 19.1. The SMILES string of the molecule is O=C(c1ccc2ccccc2n1)N1CCC[C@@]2(C[C@@H](Oc3ccc(F)cc3)CO2)C1. The van der Waals surface area contributed by atoms with E-state index < -0.39 is 5.60 Å². The third-order valence-electron chi connectivity index (χ3n) is 5.94. The summed E-state index contributed by atoms with van der Waals surface area (Å²) in [6.07, 6.45) is 2.37. The second kappa shape index (κ2) is 7.69. The van der Waals surface area contributed by atoms with E-state index in [1.54, 1.807) is 18.2 Å². The molecule has 30 heavy (non-hydrogen) atoms. The molecule has 6 heteroatoms. The Bertz CT molecular complexity index is 1070. The van der Waals surface area contributed by atoms with E-state index >= 15 is 0 Å². The monoisotopic (exact) mass is 406 g/mol. The number of nitrogens with zero attached hydrogens (tertiary/aromatic N) is 2. The predicted octanol–water partition coefficient (Wildman–Crippen LogP) is 4.22. The summed E-state index contributed by atoms with van der Waals surface area (Å²) in [4.78, 5) is 19.5. The minimum Gasteiger partial charge on any atom is -0.488 e.